The topological polar surface area (TPSA) is 49.0 Å². The number of fused-ring (bicyclic) bond motifs is 1. The predicted octanol–water partition coefficient (Wildman–Crippen LogP) is 5.30. The molecule has 4 nitrogen and oxygen atoms in total. The van der Waals surface area contributed by atoms with Gasteiger partial charge >= 0.3 is 11.9 Å². The van der Waals surface area contributed by atoms with Crippen LogP contribution in [0.3, 0.4) is 0 Å². The number of H-pyrrole nitrogens is 1. The Morgan fingerprint density at radius 2 is 1.88 bits per heavy atom. The fraction of sp³-hybridized carbons (Fsp3) is 0.273. The molecule has 0 aliphatic heterocycles. The summed E-state index contributed by atoms with van der Waals surface area (Å²) in [6.45, 7) is -1.09. The molecular weight excluding hydrogens is 455 g/mol. The minimum absolute atomic E-state index is 0.0264. The summed E-state index contributed by atoms with van der Waals surface area (Å²) in [5, 5.41) is -0.288. The number of rotatable bonds is 4. The second-order valence-electron chi connectivity index (χ2n) is 7.56. The first-order valence-corrected chi connectivity index (χ1v) is 9.64. The summed E-state index contributed by atoms with van der Waals surface area (Å²) in [5.41, 5.74) is -3.63. The van der Waals surface area contributed by atoms with Crippen LogP contribution in [-0.4, -0.2) is 29.1 Å². The number of aromatic amines is 1. The van der Waals surface area contributed by atoms with Gasteiger partial charge in [-0.25, -0.2) is 22.4 Å². The number of nitrogens with one attached hydrogen (secondary N) is 1. The number of anilines is 2. The Bertz CT molecular complexity index is 1330. The van der Waals surface area contributed by atoms with Crippen LogP contribution in [0, 0.1) is 28.9 Å². The highest BCUT2D eigenvalue weighted by Crippen LogP contribution is 2.57. The van der Waals surface area contributed by atoms with E-state index in [9.17, 15) is 35.5 Å². The first-order valence-electron chi connectivity index (χ1n) is 9.64. The van der Waals surface area contributed by atoms with Crippen LogP contribution in [0.15, 0.2) is 41.2 Å². The average Bonchev–Trinajstić information content (AvgIpc) is 3.51. The summed E-state index contributed by atoms with van der Waals surface area (Å²) in [6, 6.07) is 6.41. The van der Waals surface area contributed by atoms with Gasteiger partial charge < -0.3 is 9.88 Å². The molecule has 3 aromatic rings. The summed E-state index contributed by atoms with van der Waals surface area (Å²) >= 11 is 0. The molecule has 2 aromatic carbocycles. The van der Waals surface area contributed by atoms with E-state index in [2.05, 4.69) is 21.8 Å². The van der Waals surface area contributed by atoms with Gasteiger partial charge in [0.1, 0.15) is 17.0 Å². The van der Waals surface area contributed by atoms with Gasteiger partial charge in [-0.2, -0.15) is 18.2 Å². The first-order chi connectivity index (χ1) is 15.5. The quantitative estimate of drug-likeness (QED) is 0.417. The molecule has 33 heavy (non-hydrogen) atoms. The molecule has 0 bridgehead atoms. The van der Waals surface area contributed by atoms with Gasteiger partial charge in [-0.15, -0.1) is 0 Å². The van der Waals surface area contributed by atoms with E-state index in [1.54, 1.807) is 0 Å². The molecule has 1 aliphatic carbocycles. The van der Waals surface area contributed by atoms with Gasteiger partial charge in [0.15, 0.2) is 5.82 Å². The molecule has 1 fully saturated rings. The van der Waals surface area contributed by atoms with Gasteiger partial charge in [0.2, 0.25) is 0 Å². The molecule has 1 aliphatic rings. The Morgan fingerprint density at radius 1 is 1.15 bits per heavy atom. The van der Waals surface area contributed by atoms with Gasteiger partial charge in [-0.05, 0) is 43.2 Å². The predicted molar refractivity (Wildman–Crippen MR) is 106 cm³/mol. The normalized spacial score (nSPS) is 14.8. The highest BCUT2D eigenvalue weighted by molar-refractivity contribution is 5.92. The number of benzene rings is 2. The van der Waals surface area contributed by atoms with Crippen molar-refractivity contribution in [1.82, 2.24) is 9.97 Å². The van der Waals surface area contributed by atoms with Crippen LogP contribution in [0.4, 0.5) is 42.2 Å². The maximum Gasteiger partial charge on any atom is 0.405 e. The lowest BCUT2D eigenvalue weighted by molar-refractivity contribution is -0.168. The van der Waals surface area contributed by atoms with Crippen molar-refractivity contribution >= 4 is 22.4 Å². The third kappa shape index (κ3) is 4.51. The third-order valence-corrected chi connectivity index (χ3v) is 5.20. The highest BCUT2D eigenvalue weighted by Gasteiger charge is 2.62. The molecule has 4 rings (SSSR count). The summed E-state index contributed by atoms with van der Waals surface area (Å²) in [7, 11) is 0. The molecule has 172 valence electrons. The number of hydrogen-bond acceptors (Lipinski definition) is 3. The van der Waals surface area contributed by atoms with Gasteiger partial charge in [0.25, 0.3) is 6.43 Å². The lowest BCUT2D eigenvalue weighted by atomic mass is 10.1. The zero-order valence-electron chi connectivity index (χ0n) is 16.6. The third-order valence-electron chi connectivity index (χ3n) is 5.20. The Labute approximate surface area is 182 Å². The van der Waals surface area contributed by atoms with Gasteiger partial charge in [0.05, 0.1) is 17.4 Å². The summed E-state index contributed by atoms with van der Waals surface area (Å²) in [6.07, 6.45) is -7.94. The van der Waals surface area contributed by atoms with Gasteiger partial charge in [-0.3, -0.25) is 0 Å². The Balaban J connectivity index is 1.86. The molecule has 1 saturated carbocycles. The zero-order chi connectivity index (χ0) is 24.0. The van der Waals surface area contributed by atoms with E-state index in [4.69, 9.17) is 0 Å². The Morgan fingerprint density at radius 3 is 2.52 bits per heavy atom. The first kappa shape index (κ1) is 22.6. The van der Waals surface area contributed by atoms with E-state index < -0.39 is 47.7 Å². The highest BCUT2D eigenvalue weighted by atomic mass is 19.4. The molecule has 0 radical (unpaired) electrons. The van der Waals surface area contributed by atoms with Crippen LogP contribution in [0.25, 0.3) is 10.9 Å². The molecule has 0 atom stereocenters. The van der Waals surface area contributed by atoms with Crippen LogP contribution in [0.1, 0.15) is 18.4 Å². The maximum atomic E-state index is 14.5. The van der Waals surface area contributed by atoms with E-state index in [1.807, 2.05) is 0 Å². The number of halogens is 7. The van der Waals surface area contributed by atoms with E-state index in [-0.39, 0.29) is 35.0 Å². The zero-order valence-corrected chi connectivity index (χ0v) is 16.6. The lowest BCUT2D eigenvalue weighted by Gasteiger charge is -2.25. The second-order valence-corrected chi connectivity index (χ2v) is 7.56. The van der Waals surface area contributed by atoms with Crippen molar-refractivity contribution in [2.24, 2.45) is 5.41 Å². The summed E-state index contributed by atoms with van der Waals surface area (Å²) in [5.74, 6) is 2.04. The van der Waals surface area contributed by atoms with Crippen molar-refractivity contribution in [3.8, 4) is 11.8 Å². The van der Waals surface area contributed by atoms with Crippen molar-refractivity contribution in [1.29, 1.82) is 0 Å². The molecule has 1 N–H and O–H groups in total. The summed E-state index contributed by atoms with van der Waals surface area (Å²) in [4.78, 5) is 18.6. The largest absolute Gasteiger partial charge is 0.405 e. The number of alkyl halides is 5. The smallest absolute Gasteiger partial charge is 0.320 e. The Hall–Kier alpha value is -3.55. The Kier molecular flexibility index (Phi) is 5.56. The van der Waals surface area contributed by atoms with Crippen molar-refractivity contribution in [3.05, 3.63) is 64.1 Å². The van der Waals surface area contributed by atoms with E-state index in [0.29, 0.717) is 0 Å². The minimum Gasteiger partial charge on any atom is -0.320 e. The molecule has 11 heteroatoms. The van der Waals surface area contributed by atoms with Gasteiger partial charge in [-0.1, -0.05) is 17.9 Å². The van der Waals surface area contributed by atoms with Crippen LogP contribution < -0.4 is 10.6 Å². The van der Waals surface area contributed by atoms with Gasteiger partial charge in [0, 0.05) is 11.3 Å². The van der Waals surface area contributed by atoms with Crippen molar-refractivity contribution < 1.29 is 30.7 Å². The van der Waals surface area contributed by atoms with Crippen LogP contribution >= 0.6 is 0 Å². The fourth-order valence-electron chi connectivity index (χ4n) is 3.40. The molecular formula is C22H14F7N3O. The molecule has 1 heterocycles. The summed E-state index contributed by atoms with van der Waals surface area (Å²) < 4.78 is 95.1. The van der Waals surface area contributed by atoms with Crippen molar-refractivity contribution in [2.75, 3.05) is 11.4 Å². The lowest BCUT2D eigenvalue weighted by Crippen LogP contribution is -2.28. The molecule has 0 spiro atoms. The van der Waals surface area contributed by atoms with E-state index in [1.165, 1.54) is 12.1 Å². The van der Waals surface area contributed by atoms with Crippen LogP contribution in [-0.2, 0) is 0 Å². The SMILES string of the molecule is O=c1nc(N(CC(F)F)c2cc(F)cc(C#CC3(C(F)(F)F)CC3)c2)c2c(F)cccc2[nH]1. The van der Waals surface area contributed by atoms with Crippen molar-refractivity contribution in [2.45, 2.75) is 25.4 Å². The number of hydrogen-bond donors (Lipinski definition) is 1. The number of aromatic nitrogens is 2. The van der Waals surface area contributed by atoms with Crippen LogP contribution in [0.2, 0.25) is 0 Å². The fourth-order valence-corrected chi connectivity index (χ4v) is 3.40. The second kappa shape index (κ2) is 8.10. The van der Waals surface area contributed by atoms with Crippen LogP contribution in [0.5, 0.6) is 0 Å². The molecule has 0 unspecified atom stereocenters. The minimum atomic E-state index is -4.55. The molecule has 0 saturated heterocycles. The van der Waals surface area contributed by atoms with E-state index >= 15 is 0 Å². The molecule has 0 amide bonds. The monoisotopic (exact) mass is 469 g/mol. The average molecular weight is 469 g/mol. The number of nitrogens with zero attached hydrogens (tertiary/aromatic N) is 2. The standard InChI is InChI=1S/C22H14F7N3O/c23-13-8-12(4-5-21(6-7-21)22(27,28)29)9-14(10-13)32(11-17(25)26)19-18-15(24)2-1-3-16(18)30-20(33)31-19/h1-3,8-10,17H,6-7,11H2,(H,30,31,33). The van der Waals surface area contributed by atoms with Crippen molar-refractivity contribution in [3.63, 3.8) is 0 Å². The molecule has 1 aromatic heterocycles. The van der Waals surface area contributed by atoms with E-state index in [0.717, 1.165) is 29.2 Å². The maximum absolute atomic E-state index is 14.5.